The van der Waals surface area contributed by atoms with Crippen LogP contribution in [0.3, 0.4) is 0 Å². The summed E-state index contributed by atoms with van der Waals surface area (Å²) in [6.07, 6.45) is 0.751. The Balaban J connectivity index is 2.12. The number of carbonyl (C=O) groups is 1. The summed E-state index contributed by atoms with van der Waals surface area (Å²) in [6.45, 7) is 7.24. The molecule has 2 aromatic rings. The van der Waals surface area contributed by atoms with E-state index in [0.717, 1.165) is 11.4 Å². The van der Waals surface area contributed by atoms with Gasteiger partial charge in [-0.15, -0.1) is 10.2 Å². The van der Waals surface area contributed by atoms with Crippen molar-refractivity contribution < 1.29 is 13.2 Å². The van der Waals surface area contributed by atoms with Crippen molar-refractivity contribution in [1.82, 2.24) is 14.9 Å². The van der Waals surface area contributed by atoms with Gasteiger partial charge in [-0.05, 0) is 51.5 Å². The maximum Gasteiger partial charge on any atom is 0.257 e. The lowest BCUT2D eigenvalue weighted by Gasteiger charge is -2.20. The van der Waals surface area contributed by atoms with Crippen LogP contribution in [0.5, 0.6) is 0 Å². The molecule has 2 N–H and O–H groups in total. The zero-order valence-corrected chi connectivity index (χ0v) is 15.6. The molecule has 0 unspecified atom stereocenters. The number of aryl methyl sites for hydroxylation is 1. The maximum atomic E-state index is 12.2. The third-order valence-corrected chi connectivity index (χ3v) is 5.61. The van der Waals surface area contributed by atoms with E-state index in [-0.39, 0.29) is 10.8 Å². The number of hydrogen-bond donors (Lipinski definition) is 2. The van der Waals surface area contributed by atoms with E-state index in [9.17, 15) is 13.2 Å². The molecular weight excluding hydrogens is 348 g/mol. The van der Waals surface area contributed by atoms with Crippen LogP contribution in [0.4, 0.5) is 5.13 Å². The highest BCUT2D eigenvalue weighted by Crippen LogP contribution is 2.18. The van der Waals surface area contributed by atoms with Gasteiger partial charge in [-0.25, -0.2) is 13.1 Å². The lowest BCUT2D eigenvalue weighted by molar-refractivity contribution is 0.102. The summed E-state index contributed by atoms with van der Waals surface area (Å²) in [7, 11) is -3.62. The van der Waals surface area contributed by atoms with Crippen molar-refractivity contribution in [3.8, 4) is 0 Å². The standard InChI is InChI=1S/C15H20N4O3S2/c1-5-12-17-18-14(23-12)16-13(20)10-6-8-11(9-7-10)24(21,22)19-15(2,3)4/h6-9,19H,5H2,1-4H3,(H,16,18,20). The van der Waals surface area contributed by atoms with E-state index in [1.165, 1.54) is 35.6 Å². The van der Waals surface area contributed by atoms with Crippen molar-refractivity contribution in [2.75, 3.05) is 5.32 Å². The SMILES string of the molecule is CCc1nnc(NC(=O)c2ccc(S(=O)(=O)NC(C)(C)C)cc2)s1. The molecule has 0 aliphatic carbocycles. The summed E-state index contributed by atoms with van der Waals surface area (Å²) in [5, 5.41) is 11.7. The molecule has 7 nitrogen and oxygen atoms in total. The summed E-state index contributed by atoms with van der Waals surface area (Å²) in [5.74, 6) is -0.360. The van der Waals surface area contributed by atoms with Crippen LogP contribution >= 0.6 is 11.3 Å². The van der Waals surface area contributed by atoms with Gasteiger partial charge < -0.3 is 0 Å². The average molecular weight is 368 g/mol. The second kappa shape index (κ2) is 6.96. The Hall–Kier alpha value is -1.84. The molecule has 0 saturated carbocycles. The molecule has 0 atom stereocenters. The van der Waals surface area contributed by atoms with Crippen molar-refractivity contribution in [2.24, 2.45) is 0 Å². The Morgan fingerprint density at radius 3 is 2.29 bits per heavy atom. The first kappa shape index (κ1) is 18.5. The van der Waals surface area contributed by atoms with Crippen LogP contribution in [0.15, 0.2) is 29.2 Å². The minimum atomic E-state index is -3.62. The van der Waals surface area contributed by atoms with Crippen LogP contribution < -0.4 is 10.0 Å². The summed E-state index contributed by atoms with van der Waals surface area (Å²) in [4.78, 5) is 12.3. The van der Waals surface area contributed by atoms with Gasteiger partial charge in [0.2, 0.25) is 15.2 Å². The van der Waals surface area contributed by atoms with E-state index in [0.29, 0.717) is 10.7 Å². The predicted molar refractivity (Wildman–Crippen MR) is 93.8 cm³/mol. The molecule has 9 heteroatoms. The fourth-order valence-corrected chi connectivity index (χ4v) is 3.96. The van der Waals surface area contributed by atoms with Crippen molar-refractivity contribution in [3.05, 3.63) is 34.8 Å². The third-order valence-electron chi connectivity index (χ3n) is 2.86. The van der Waals surface area contributed by atoms with Crippen LogP contribution in [0, 0.1) is 0 Å². The summed E-state index contributed by atoms with van der Waals surface area (Å²) >= 11 is 1.31. The molecule has 0 aliphatic rings. The summed E-state index contributed by atoms with van der Waals surface area (Å²) < 4.78 is 27.0. The average Bonchev–Trinajstić information content (AvgIpc) is 2.92. The number of amides is 1. The number of anilines is 1. The Morgan fingerprint density at radius 1 is 1.17 bits per heavy atom. The predicted octanol–water partition coefficient (Wildman–Crippen LogP) is 2.43. The third kappa shape index (κ3) is 4.83. The number of nitrogens with one attached hydrogen (secondary N) is 2. The normalized spacial score (nSPS) is 12.2. The highest BCUT2D eigenvalue weighted by atomic mass is 32.2. The van der Waals surface area contributed by atoms with Gasteiger partial charge in [0.15, 0.2) is 0 Å². The monoisotopic (exact) mass is 368 g/mol. The van der Waals surface area contributed by atoms with E-state index in [2.05, 4.69) is 20.2 Å². The fourth-order valence-electron chi connectivity index (χ4n) is 1.86. The minimum Gasteiger partial charge on any atom is -0.296 e. The largest absolute Gasteiger partial charge is 0.296 e. The molecule has 1 amide bonds. The van der Waals surface area contributed by atoms with Crippen molar-refractivity contribution in [3.63, 3.8) is 0 Å². The Morgan fingerprint density at radius 2 is 1.79 bits per heavy atom. The number of carbonyl (C=O) groups excluding carboxylic acids is 1. The molecule has 0 radical (unpaired) electrons. The zero-order valence-electron chi connectivity index (χ0n) is 14.0. The summed E-state index contributed by atoms with van der Waals surface area (Å²) in [6, 6.07) is 5.74. The zero-order chi connectivity index (χ0) is 18.0. The van der Waals surface area contributed by atoms with Gasteiger partial charge in [-0.2, -0.15) is 0 Å². The van der Waals surface area contributed by atoms with Crippen molar-refractivity contribution in [1.29, 1.82) is 0 Å². The molecule has 0 spiro atoms. The molecular formula is C15H20N4O3S2. The fraction of sp³-hybridized carbons (Fsp3) is 0.400. The number of nitrogens with zero attached hydrogens (tertiary/aromatic N) is 2. The molecule has 1 heterocycles. The van der Waals surface area contributed by atoms with Gasteiger partial charge in [-0.3, -0.25) is 10.1 Å². The van der Waals surface area contributed by atoms with E-state index in [1.54, 1.807) is 20.8 Å². The molecule has 130 valence electrons. The van der Waals surface area contributed by atoms with E-state index < -0.39 is 15.6 Å². The molecule has 0 bridgehead atoms. The van der Waals surface area contributed by atoms with Crippen LogP contribution in [0.2, 0.25) is 0 Å². The first-order valence-corrected chi connectivity index (χ1v) is 9.68. The molecule has 1 aromatic heterocycles. The van der Waals surface area contributed by atoms with E-state index in [4.69, 9.17) is 0 Å². The highest BCUT2D eigenvalue weighted by molar-refractivity contribution is 7.89. The first-order valence-electron chi connectivity index (χ1n) is 7.38. The van der Waals surface area contributed by atoms with Crippen LogP contribution in [0.1, 0.15) is 43.1 Å². The number of sulfonamides is 1. The second-order valence-corrected chi connectivity index (χ2v) is 8.93. The molecule has 0 saturated heterocycles. The molecule has 2 rings (SSSR count). The van der Waals surface area contributed by atoms with E-state index >= 15 is 0 Å². The van der Waals surface area contributed by atoms with Gasteiger partial charge in [0.05, 0.1) is 4.90 Å². The number of benzene rings is 1. The van der Waals surface area contributed by atoms with Gasteiger partial charge in [0, 0.05) is 11.1 Å². The first-order chi connectivity index (χ1) is 11.1. The highest BCUT2D eigenvalue weighted by Gasteiger charge is 2.22. The van der Waals surface area contributed by atoms with Gasteiger partial charge in [-0.1, -0.05) is 18.3 Å². The quantitative estimate of drug-likeness (QED) is 0.844. The molecule has 0 fully saturated rings. The topological polar surface area (TPSA) is 101 Å². The Kier molecular flexibility index (Phi) is 5.36. The van der Waals surface area contributed by atoms with Crippen LogP contribution in [-0.4, -0.2) is 30.1 Å². The van der Waals surface area contributed by atoms with Gasteiger partial charge in [0.1, 0.15) is 5.01 Å². The Bertz CT molecular complexity index is 821. The van der Waals surface area contributed by atoms with Crippen LogP contribution in [-0.2, 0) is 16.4 Å². The smallest absolute Gasteiger partial charge is 0.257 e. The number of aromatic nitrogens is 2. The van der Waals surface area contributed by atoms with E-state index in [1.807, 2.05) is 6.92 Å². The van der Waals surface area contributed by atoms with Crippen molar-refractivity contribution in [2.45, 2.75) is 44.6 Å². The molecule has 0 aliphatic heterocycles. The van der Waals surface area contributed by atoms with Crippen LogP contribution in [0.25, 0.3) is 0 Å². The Labute approximate surface area is 145 Å². The van der Waals surface area contributed by atoms with Gasteiger partial charge >= 0.3 is 0 Å². The number of hydrogen-bond acceptors (Lipinski definition) is 6. The lowest BCUT2D eigenvalue weighted by Crippen LogP contribution is -2.40. The molecule has 24 heavy (non-hydrogen) atoms. The lowest BCUT2D eigenvalue weighted by atomic mass is 10.1. The minimum absolute atomic E-state index is 0.109. The van der Waals surface area contributed by atoms with Gasteiger partial charge in [0.25, 0.3) is 5.91 Å². The molecule has 1 aromatic carbocycles. The summed E-state index contributed by atoms with van der Waals surface area (Å²) in [5.41, 5.74) is -0.234. The number of rotatable bonds is 5. The maximum absolute atomic E-state index is 12.2. The van der Waals surface area contributed by atoms with Crippen molar-refractivity contribution >= 4 is 32.4 Å². The second-order valence-electron chi connectivity index (χ2n) is 6.19.